The number of carbonyl (C=O) groups is 1. The minimum atomic E-state index is -0.152. The van der Waals surface area contributed by atoms with Crippen molar-refractivity contribution in [2.75, 3.05) is 45.7 Å². The van der Waals surface area contributed by atoms with E-state index in [-0.39, 0.29) is 5.91 Å². The predicted molar refractivity (Wildman–Crippen MR) is 115 cm³/mol. The smallest absolute Gasteiger partial charge is 0.248 e. The number of carbonyl (C=O) groups excluding carboxylic acids is 1. The first-order valence-corrected chi connectivity index (χ1v) is 9.67. The third-order valence-electron chi connectivity index (χ3n) is 5.00. The maximum absolute atomic E-state index is 12.4. The average molecular weight is 380 g/mol. The summed E-state index contributed by atoms with van der Waals surface area (Å²) in [5.74, 6) is 0.601. The summed E-state index contributed by atoms with van der Waals surface area (Å²) in [7, 11) is 3.79. The Morgan fingerprint density at radius 1 is 1.14 bits per heavy atom. The lowest BCUT2D eigenvalue weighted by molar-refractivity contribution is -0.111. The molecule has 1 N–H and O–H groups in total. The molecule has 0 radical (unpaired) electrons. The molecule has 0 saturated carbocycles. The number of amides is 1. The van der Waals surface area contributed by atoms with Crippen LogP contribution in [-0.4, -0.2) is 56.0 Å². The zero-order chi connectivity index (χ0) is 19.9. The van der Waals surface area contributed by atoms with Crippen LogP contribution in [0.5, 0.6) is 5.75 Å². The summed E-state index contributed by atoms with van der Waals surface area (Å²) in [5.41, 5.74) is 4.04. The van der Waals surface area contributed by atoms with Crippen molar-refractivity contribution in [3.63, 3.8) is 0 Å². The molecule has 1 heterocycles. The molecule has 0 aliphatic carbocycles. The van der Waals surface area contributed by atoms with Gasteiger partial charge in [0.15, 0.2) is 0 Å². The summed E-state index contributed by atoms with van der Waals surface area (Å²) < 4.78 is 5.35. The van der Waals surface area contributed by atoms with Crippen LogP contribution in [-0.2, 0) is 11.3 Å². The van der Waals surface area contributed by atoms with Gasteiger partial charge in [-0.2, -0.15) is 0 Å². The molecule has 2 aromatic carbocycles. The second kappa shape index (κ2) is 9.53. The van der Waals surface area contributed by atoms with Gasteiger partial charge in [-0.25, -0.2) is 0 Å². The number of hydrogen-bond acceptors (Lipinski definition) is 4. The Morgan fingerprint density at radius 3 is 2.68 bits per heavy atom. The number of nitrogens with one attached hydrogen (secondary N) is 1. The van der Waals surface area contributed by atoms with Gasteiger partial charge in [-0.05, 0) is 49.9 Å². The molecule has 1 amide bonds. The lowest BCUT2D eigenvalue weighted by Gasteiger charge is -2.32. The van der Waals surface area contributed by atoms with Gasteiger partial charge in [0.05, 0.1) is 7.11 Å². The van der Waals surface area contributed by atoms with E-state index in [0.29, 0.717) is 0 Å². The monoisotopic (exact) mass is 379 g/mol. The molecule has 2 aromatic rings. The van der Waals surface area contributed by atoms with Gasteiger partial charge in [0.25, 0.3) is 0 Å². The fraction of sp³-hybridized carbons (Fsp3) is 0.348. The highest BCUT2D eigenvalue weighted by atomic mass is 16.5. The molecule has 0 unspecified atom stereocenters. The third kappa shape index (κ3) is 5.68. The summed E-state index contributed by atoms with van der Waals surface area (Å²) in [6.07, 6.45) is 3.33. The number of piperazine rings is 1. The van der Waals surface area contributed by atoms with Crippen LogP contribution in [0.3, 0.4) is 0 Å². The van der Waals surface area contributed by atoms with Crippen molar-refractivity contribution in [2.45, 2.75) is 13.5 Å². The zero-order valence-electron chi connectivity index (χ0n) is 16.9. The van der Waals surface area contributed by atoms with Crippen LogP contribution in [0.2, 0.25) is 0 Å². The molecule has 3 rings (SSSR count). The summed E-state index contributed by atoms with van der Waals surface area (Å²) >= 11 is 0. The zero-order valence-corrected chi connectivity index (χ0v) is 16.9. The van der Waals surface area contributed by atoms with Gasteiger partial charge in [-0.3, -0.25) is 9.69 Å². The van der Waals surface area contributed by atoms with Crippen LogP contribution in [0.4, 0.5) is 5.69 Å². The molecule has 0 aromatic heterocycles. The number of nitrogens with zero attached hydrogens (tertiary/aromatic N) is 2. The van der Waals surface area contributed by atoms with Crippen LogP contribution in [0.15, 0.2) is 48.5 Å². The summed E-state index contributed by atoms with van der Waals surface area (Å²) in [6.45, 7) is 7.28. The lowest BCUT2D eigenvalue weighted by atomic mass is 10.1. The topological polar surface area (TPSA) is 44.8 Å². The molecule has 1 saturated heterocycles. The van der Waals surface area contributed by atoms with Crippen molar-refractivity contribution in [1.82, 2.24) is 9.80 Å². The van der Waals surface area contributed by atoms with E-state index in [4.69, 9.17) is 4.74 Å². The Balaban J connectivity index is 1.60. The van der Waals surface area contributed by atoms with E-state index in [1.165, 1.54) is 5.56 Å². The van der Waals surface area contributed by atoms with Crippen LogP contribution < -0.4 is 10.1 Å². The molecule has 1 aliphatic rings. The van der Waals surface area contributed by atoms with E-state index in [1.807, 2.05) is 37.3 Å². The molecule has 28 heavy (non-hydrogen) atoms. The number of likely N-dealkylation sites (N-methyl/N-ethyl adjacent to an activating group) is 1. The van der Waals surface area contributed by atoms with Crippen LogP contribution in [0.25, 0.3) is 6.08 Å². The first-order valence-electron chi connectivity index (χ1n) is 9.67. The van der Waals surface area contributed by atoms with Crippen molar-refractivity contribution in [2.24, 2.45) is 0 Å². The standard InChI is InChI=1S/C23H29N3O2/c1-18-7-9-22(28-3)20(15-18)8-10-23(27)24-21-6-4-5-19(16-21)17-26-13-11-25(2)12-14-26/h4-10,15-16H,11-14,17H2,1-3H3,(H,24,27). The van der Waals surface area contributed by atoms with Crippen molar-refractivity contribution in [3.05, 3.63) is 65.2 Å². The van der Waals surface area contributed by atoms with Crippen LogP contribution >= 0.6 is 0 Å². The molecule has 5 heteroatoms. The fourth-order valence-electron chi connectivity index (χ4n) is 3.35. The minimum absolute atomic E-state index is 0.152. The molecule has 148 valence electrons. The number of hydrogen-bond donors (Lipinski definition) is 1. The fourth-order valence-corrected chi connectivity index (χ4v) is 3.35. The Kier molecular flexibility index (Phi) is 6.85. The summed E-state index contributed by atoms with van der Waals surface area (Å²) in [4.78, 5) is 17.2. The molecule has 0 bridgehead atoms. The summed E-state index contributed by atoms with van der Waals surface area (Å²) in [6, 6.07) is 14.0. The van der Waals surface area contributed by atoms with E-state index in [9.17, 15) is 4.79 Å². The molecular formula is C23H29N3O2. The quantitative estimate of drug-likeness (QED) is 0.782. The molecule has 1 aliphatic heterocycles. The van der Waals surface area contributed by atoms with Gasteiger partial charge in [0.1, 0.15) is 5.75 Å². The normalized spacial score (nSPS) is 15.7. The van der Waals surface area contributed by atoms with Gasteiger partial charge in [0, 0.05) is 50.1 Å². The molecule has 5 nitrogen and oxygen atoms in total. The van der Waals surface area contributed by atoms with E-state index in [1.54, 1.807) is 19.3 Å². The van der Waals surface area contributed by atoms with Crippen LogP contribution in [0.1, 0.15) is 16.7 Å². The summed E-state index contributed by atoms with van der Waals surface area (Å²) in [5, 5.41) is 2.96. The highest BCUT2D eigenvalue weighted by Gasteiger charge is 2.14. The van der Waals surface area contributed by atoms with Crippen LogP contribution in [0, 0.1) is 6.92 Å². The number of methoxy groups -OCH3 is 1. The predicted octanol–water partition coefficient (Wildman–Crippen LogP) is 3.40. The number of aryl methyl sites for hydroxylation is 1. The Morgan fingerprint density at radius 2 is 1.93 bits per heavy atom. The van der Waals surface area contributed by atoms with E-state index < -0.39 is 0 Å². The SMILES string of the molecule is COc1ccc(C)cc1C=CC(=O)Nc1cccc(CN2CCN(C)CC2)c1. The second-order valence-electron chi connectivity index (χ2n) is 7.35. The third-order valence-corrected chi connectivity index (χ3v) is 5.00. The van der Waals surface area contributed by atoms with Crippen molar-refractivity contribution >= 4 is 17.7 Å². The Bertz CT molecular complexity index is 839. The highest BCUT2D eigenvalue weighted by molar-refractivity contribution is 6.02. The highest BCUT2D eigenvalue weighted by Crippen LogP contribution is 2.21. The maximum Gasteiger partial charge on any atom is 0.248 e. The van der Waals surface area contributed by atoms with Crippen molar-refractivity contribution in [3.8, 4) is 5.75 Å². The Hall–Kier alpha value is -2.63. The average Bonchev–Trinajstić information content (AvgIpc) is 2.68. The number of anilines is 1. The largest absolute Gasteiger partial charge is 0.496 e. The van der Waals surface area contributed by atoms with Crippen molar-refractivity contribution < 1.29 is 9.53 Å². The van der Waals surface area contributed by atoms with Gasteiger partial charge < -0.3 is 15.0 Å². The molecule has 1 fully saturated rings. The van der Waals surface area contributed by atoms with E-state index in [0.717, 1.165) is 55.3 Å². The maximum atomic E-state index is 12.4. The Labute approximate surface area is 167 Å². The van der Waals surface area contributed by atoms with Gasteiger partial charge in [0.2, 0.25) is 5.91 Å². The number of ether oxygens (including phenoxy) is 1. The lowest BCUT2D eigenvalue weighted by Crippen LogP contribution is -2.43. The van der Waals surface area contributed by atoms with Gasteiger partial charge in [-0.1, -0.05) is 23.8 Å². The minimum Gasteiger partial charge on any atom is -0.496 e. The molecule has 0 spiro atoms. The molecular weight excluding hydrogens is 350 g/mol. The number of benzene rings is 2. The first-order chi connectivity index (χ1) is 13.5. The van der Waals surface area contributed by atoms with E-state index in [2.05, 4.69) is 34.3 Å². The first kappa shape index (κ1) is 20.1. The number of rotatable bonds is 6. The van der Waals surface area contributed by atoms with Gasteiger partial charge >= 0.3 is 0 Å². The molecule has 0 atom stereocenters. The van der Waals surface area contributed by atoms with E-state index >= 15 is 0 Å². The van der Waals surface area contributed by atoms with Gasteiger partial charge in [-0.15, -0.1) is 0 Å². The second-order valence-corrected chi connectivity index (χ2v) is 7.35. The van der Waals surface area contributed by atoms with Crippen molar-refractivity contribution in [1.29, 1.82) is 0 Å².